The fraction of sp³-hybridized carbons (Fsp3) is 0.462. The first-order valence-electron chi connectivity index (χ1n) is 5.22. The van der Waals surface area contributed by atoms with Crippen LogP contribution in [-0.4, -0.2) is 6.29 Å². The Morgan fingerprint density at radius 1 is 1.14 bits per heavy atom. The molecule has 0 radical (unpaired) electrons. The normalized spacial score (nSPS) is 11.4. The van der Waals surface area contributed by atoms with E-state index in [1.165, 1.54) is 5.56 Å². The third kappa shape index (κ3) is 2.03. The van der Waals surface area contributed by atoms with Crippen molar-refractivity contribution in [3.8, 4) is 0 Å². The van der Waals surface area contributed by atoms with Crippen molar-refractivity contribution in [2.75, 3.05) is 0 Å². The van der Waals surface area contributed by atoms with Crippen LogP contribution < -0.4 is 0 Å². The van der Waals surface area contributed by atoms with Gasteiger partial charge in [-0.25, -0.2) is 0 Å². The Bertz CT molecular complexity index is 294. The zero-order chi connectivity index (χ0) is 10.6. The summed E-state index contributed by atoms with van der Waals surface area (Å²) < 4.78 is 0. The molecule has 76 valence electrons. The summed E-state index contributed by atoms with van der Waals surface area (Å²) in [6.07, 6.45) is 3.15. The van der Waals surface area contributed by atoms with Crippen molar-refractivity contribution in [2.45, 2.75) is 39.0 Å². The van der Waals surface area contributed by atoms with E-state index in [4.69, 9.17) is 0 Å². The minimum Gasteiger partial charge on any atom is -0.298 e. The predicted octanol–water partition coefficient (Wildman–Crippen LogP) is 3.58. The first-order chi connectivity index (χ1) is 6.66. The van der Waals surface area contributed by atoms with Crippen molar-refractivity contribution in [3.63, 3.8) is 0 Å². The number of hydrogen-bond donors (Lipinski definition) is 0. The summed E-state index contributed by atoms with van der Waals surface area (Å²) in [6, 6.07) is 7.92. The Kier molecular flexibility index (Phi) is 3.45. The third-order valence-corrected chi connectivity index (χ3v) is 3.30. The van der Waals surface area contributed by atoms with E-state index >= 15 is 0 Å². The van der Waals surface area contributed by atoms with E-state index in [0.29, 0.717) is 0 Å². The average Bonchev–Trinajstić information content (AvgIpc) is 2.28. The first kappa shape index (κ1) is 11.0. The highest BCUT2D eigenvalue weighted by Gasteiger charge is 2.21. The Balaban J connectivity index is 3.00. The number of hydrogen-bond acceptors (Lipinski definition) is 1. The second kappa shape index (κ2) is 4.41. The van der Waals surface area contributed by atoms with Crippen LogP contribution in [0.25, 0.3) is 0 Å². The van der Waals surface area contributed by atoms with Crippen LogP contribution in [0.4, 0.5) is 0 Å². The zero-order valence-electron chi connectivity index (χ0n) is 9.21. The second-order valence-corrected chi connectivity index (χ2v) is 4.01. The Morgan fingerprint density at radius 2 is 1.64 bits per heavy atom. The molecule has 0 bridgehead atoms. The molecule has 0 spiro atoms. The molecule has 0 heterocycles. The molecular weight excluding hydrogens is 172 g/mol. The largest absolute Gasteiger partial charge is 0.298 e. The fourth-order valence-electron chi connectivity index (χ4n) is 1.62. The van der Waals surface area contributed by atoms with Crippen molar-refractivity contribution in [3.05, 3.63) is 35.4 Å². The van der Waals surface area contributed by atoms with Gasteiger partial charge in [0.15, 0.2) is 0 Å². The summed E-state index contributed by atoms with van der Waals surface area (Å²) in [7, 11) is 0. The highest BCUT2D eigenvalue weighted by Crippen LogP contribution is 2.30. The number of rotatable bonds is 4. The number of carbonyl (C=O) groups excluding carboxylic acids is 1. The van der Waals surface area contributed by atoms with Crippen molar-refractivity contribution in [1.29, 1.82) is 0 Å². The van der Waals surface area contributed by atoms with E-state index in [9.17, 15) is 4.79 Å². The highest BCUT2D eigenvalue weighted by molar-refractivity contribution is 5.74. The molecule has 1 nitrogen and oxygen atoms in total. The second-order valence-electron chi connectivity index (χ2n) is 4.01. The molecule has 0 aromatic heterocycles. The lowest BCUT2D eigenvalue weighted by Crippen LogP contribution is -2.19. The molecule has 0 aliphatic rings. The summed E-state index contributed by atoms with van der Waals surface area (Å²) in [5.74, 6) is 0. The summed E-state index contributed by atoms with van der Waals surface area (Å²) in [5.41, 5.74) is 2.33. The van der Waals surface area contributed by atoms with Crippen LogP contribution in [0.3, 0.4) is 0 Å². The van der Waals surface area contributed by atoms with Crippen LogP contribution in [0.5, 0.6) is 0 Å². The monoisotopic (exact) mass is 190 g/mol. The SMILES string of the molecule is CCC(C)(CC)c1ccc(C=O)cc1. The lowest BCUT2D eigenvalue weighted by atomic mass is 9.78. The van der Waals surface area contributed by atoms with Gasteiger partial charge in [-0.15, -0.1) is 0 Å². The molecule has 1 rings (SSSR count). The number of aldehydes is 1. The smallest absolute Gasteiger partial charge is 0.150 e. The molecule has 0 fully saturated rings. The molecule has 14 heavy (non-hydrogen) atoms. The molecule has 0 saturated carbocycles. The van der Waals surface area contributed by atoms with Gasteiger partial charge in [-0.1, -0.05) is 45.0 Å². The lowest BCUT2D eigenvalue weighted by Gasteiger charge is -2.27. The van der Waals surface area contributed by atoms with Gasteiger partial charge in [-0.3, -0.25) is 4.79 Å². The minimum absolute atomic E-state index is 0.251. The fourth-order valence-corrected chi connectivity index (χ4v) is 1.62. The minimum atomic E-state index is 0.251. The molecule has 0 amide bonds. The maximum atomic E-state index is 10.5. The first-order valence-corrected chi connectivity index (χ1v) is 5.22. The Morgan fingerprint density at radius 3 is 2.00 bits per heavy atom. The summed E-state index contributed by atoms with van der Waals surface area (Å²) in [4.78, 5) is 10.5. The van der Waals surface area contributed by atoms with Crippen molar-refractivity contribution in [1.82, 2.24) is 0 Å². The maximum absolute atomic E-state index is 10.5. The lowest BCUT2D eigenvalue weighted by molar-refractivity contribution is 0.112. The van der Waals surface area contributed by atoms with Crippen molar-refractivity contribution >= 4 is 6.29 Å². The molecule has 0 aliphatic heterocycles. The third-order valence-electron chi connectivity index (χ3n) is 3.30. The Labute approximate surface area is 86.1 Å². The number of benzene rings is 1. The molecule has 1 aromatic carbocycles. The van der Waals surface area contributed by atoms with Crippen molar-refractivity contribution in [2.24, 2.45) is 0 Å². The quantitative estimate of drug-likeness (QED) is 0.663. The predicted molar refractivity (Wildman–Crippen MR) is 59.8 cm³/mol. The molecule has 1 aromatic rings. The van der Waals surface area contributed by atoms with Crippen LogP contribution in [0.15, 0.2) is 24.3 Å². The van der Waals surface area contributed by atoms with E-state index in [-0.39, 0.29) is 5.41 Å². The van der Waals surface area contributed by atoms with Crippen LogP contribution >= 0.6 is 0 Å². The van der Waals surface area contributed by atoms with E-state index in [1.54, 1.807) is 0 Å². The van der Waals surface area contributed by atoms with Gasteiger partial charge in [0.05, 0.1) is 0 Å². The van der Waals surface area contributed by atoms with Gasteiger partial charge in [-0.2, -0.15) is 0 Å². The topological polar surface area (TPSA) is 17.1 Å². The van der Waals surface area contributed by atoms with Crippen LogP contribution in [-0.2, 0) is 5.41 Å². The van der Waals surface area contributed by atoms with Gasteiger partial charge in [0, 0.05) is 5.56 Å². The van der Waals surface area contributed by atoms with E-state index < -0.39 is 0 Å². The summed E-state index contributed by atoms with van der Waals surface area (Å²) in [6.45, 7) is 6.68. The molecule has 1 heteroatoms. The molecule has 0 aliphatic carbocycles. The maximum Gasteiger partial charge on any atom is 0.150 e. The number of carbonyl (C=O) groups is 1. The van der Waals surface area contributed by atoms with Crippen LogP contribution in [0.1, 0.15) is 49.5 Å². The summed E-state index contributed by atoms with van der Waals surface area (Å²) in [5, 5.41) is 0. The van der Waals surface area contributed by atoms with Crippen LogP contribution in [0, 0.1) is 0 Å². The molecular formula is C13H18O. The van der Waals surface area contributed by atoms with Gasteiger partial charge in [0.25, 0.3) is 0 Å². The van der Waals surface area contributed by atoms with E-state index in [1.807, 2.05) is 12.1 Å². The van der Waals surface area contributed by atoms with Gasteiger partial charge in [0.1, 0.15) is 6.29 Å². The van der Waals surface area contributed by atoms with Gasteiger partial charge < -0.3 is 0 Å². The standard InChI is InChI=1S/C13H18O/c1-4-13(3,5-2)12-8-6-11(10-14)7-9-12/h6-10H,4-5H2,1-3H3. The highest BCUT2D eigenvalue weighted by atomic mass is 16.1. The molecule has 0 N–H and O–H groups in total. The Hall–Kier alpha value is -1.11. The molecule has 0 atom stereocenters. The molecule has 0 unspecified atom stereocenters. The average molecular weight is 190 g/mol. The summed E-state index contributed by atoms with van der Waals surface area (Å²) >= 11 is 0. The zero-order valence-corrected chi connectivity index (χ0v) is 9.21. The van der Waals surface area contributed by atoms with E-state index in [0.717, 1.165) is 24.7 Å². The van der Waals surface area contributed by atoms with Gasteiger partial charge in [0.2, 0.25) is 0 Å². The van der Waals surface area contributed by atoms with E-state index in [2.05, 4.69) is 32.9 Å². The molecule has 0 saturated heterocycles. The van der Waals surface area contributed by atoms with Gasteiger partial charge >= 0.3 is 0 Å². The van der Waals surface area contributed by atoms with Crippen molar-refractivity contribution < 1.29 is 4.79 Å². The van der Waals surface area contributed by atoms with Crippen LogP contribution in [0.2, 0.25) is 0 Å². The van der Waals surface area contributed by atoms with Gasteiger partial charge in [-0.05, 0) is 23.8 Å².